The van der Waals surface area contributed by atoms with E-state index in [1.54, 1.807) is 18.2 Å². The van der Waals surface area contributed by atoms with Gasteiger partial charge in [-0.25, -0.2) is 4.39 Å². The van der Waals surface area contributed by atoms with Crippen molar-refractivity contribution < 1.29 is 14.6 Å². The number of para-hydroxylation sites is 1. The van der Waals surface area contributed by atoms with Gasteiger partial charge in [0.15, 0.2) is 11.5 Å². The average molecular weight is 261 g/mol. The molecule has 0 spiro atoms. The van der Waals surface area contributed by atoms with Crippen LogP contribution in [0.15, 0.2) is 42.5 Å². The van der Waals surface area contributed by atoms with Crippen LogP contribution in [0.5, 0.6) is 11.5 Å². The zero-order valence-electron chi connectivity index (χ0n) is 10.4. The van der Waals surface area contributed by atoms with Gasteiger partial charge >= 0.3 is 0 Å². The van der Waals surface area contributed by atoms with Gasteiger partial charge in [0, 0.05) is 12.1 Å². The van der Waals surface area contributed by atoms with E-state index < -0.39 is 0 Å². The first-order valence-corrected chi connectivity index (χ1v) is 6.12. The van der Waals surface area contributed by atoms with Crippen LogP contribution in [0.3, 0.4) is 0 Å². The number of phenolic OH excluding ortho intramolecular Hbond substituents is 2. The molecule has 0 heterocycles. The lowest BCUT2D eigenvalue weighted by Crippen LogP contribution is -2.16. The average Bonchev–Trinajstić information content (AvgIpc) is 2.39. The molecule has 4 heteroatoms. The van der Waals surface area contributed by atoms with E-state index in [0.717, 1.165) is 5.56 Å². The molecular formula is C15H16FNO2. The van der Waals surface area contributed by atoms with Gasteiger partial charge in [-0.15, -0.1) is 0 Å². The fourth-order valence-electron chi connectivity index (χ4n) is 1.87. The molecular weight excluding hydrogens is 245 g/mol. The van der Waals surface area contributed by atoms with Crippen LogP contribution in [0.4, 0.5) is 4.39 Å². The Balaban J connectivity index is 1.82. The monoisotopic (exact) mass is 261 g/mol. The molecule has 0 unspecified atom stereocenters. The third-order valence-corrected chi connectivity index (χ3v) is 2.89. The number of aromatic hydroxyl groups is 2. The van der Waals surface area contributed by atoms with E-state index in [-0.39, 0.29) is 17.3 Å². The second-order valence-electron chi connectivity index (χ2n) is 4.34. The minimum Gasteiger partial charge on any atom is -0.504 e. The molecule has 2 aromatic carbocycles. The molecule has 0 fully saturated rings. The molecule has 0 bridgehead atoms. The first-order chi connectivity index (χ1) is 9.16. The Labute approximate surface area is 111 Å². The van der Waals surface area contributed by atoms with Crippen LogP contribution in [-0.4, -0.2) is 16.8 Å². The first-order valence-electron chi connectivity index (χ1n) is 6.12. The molecule has 0 saturated carbocycles. The van der Waals surface area contributed by atoms with Crippen LogP contribution < -0.4 is 5.32 Å². The smallest absolute Gasteiger partial charge is 0.161 e. The third-order valence-electron chi connectivity index (χ3n) is 2.89. The highest BCUT2D eigenvalue weighted by atomic mass is 19.1. The van der Waals surface area contributed by atoms with Gasteiger partial charge in [0.25, 0.3) is 0 Å². The van der Waals surface area contributed by atoms with E-state index in [2.05, 4.69) is 5.32 Å². The summed E-state index contributed by atoms with van der Waals surface area (Å²) in [5.41, 5.74) is 1.56. The normalized spacial score (nSPS) is 10.6. The van der Waals surface area contributed by atoms with E-state index in [9.17, 15) is 14.6 Å². The van der Waals surface area contributed by atoms with Crippen LogP contribution in [0.2, 0.25) is 0 Å². The zero-order valence-corrected chi connectivity index (χ0v) is 10.4. The second-order valence-corrected chi connectivity index (χ2v) is 4.34. The summed E-state index contributed by atoms with van der Waals surface area (Å²) in [6, 6.07) is 11.3. The lowest BCUT2D eigenvalue weighted by molar-refractivity contribution is 0.398. The van der Waals surface area contributed by atoms with Crippen molar-refractivity contribution in [3.63, 3.8) is 0 Å². The Bertz CT molecular complexity index is 558. The molecule has 100 valence electrons. The highest BCUT2D eigenvalue weighted by molar-refractivity contribution is 5.44. The van der Waals surface area contributed by atoms with Crippen molar-refractivity contribution in [2.75, 3.05) is 6.54 Å². The molecule has 0 saturated heterocycles. The topological polar surface area (TPSA) is 52.5 Å². The van der Waals surface area contributed by atoms with Crippen LogP contribution in [0.25, 0.3) is 0 Å². The third kappa shape index (κ3) is 3.69. The minimum atomic E-state index is -0.233. The number of hydrogen-bond acceptors (Lipinski definition) is 3. The highest BCUT2D eigenvalue weighted by Gasteiger charge is 2.04. The van der Waals surface area contributed by atoms with Gasteiger partial charge in [-0.2, -0.15) is 0 Å². The summed E-state index contributed by atoms with van der Waals surface area (Å²) in [5, 5.41) is 22.1. The Morgan fingerprint density at radius 2 is 1.84 bits per heavy atom. The molecule has 2 aromatic rings. The van der Waals surface area contributed by atoms with Gasteiger partial charge in [-0.1, -0.05) is 24.3 Å². The van der Waals surface area contributed by atoms with E-state index in [1.807, 2.05) is 6.07 Å². The zero-order chi connectivity index (χ0) is 13.7. The van der Waals surface area contributed by atoms with Gasteiger partial charge in [0.05, 0.1) is 0 Å². The Morgan fingerprint density at radius 3 is 2.63 bits per heavy atom. The minimum absolute atomic E-state index is 0.0965. The molecule has 3 N–H and O–H groups in total. The number of benzene rings is 2. The summed E-state index contributed by atoms with van der Waals surface area (Å²) in [5.74, 6) is -0.451. The molecule has 0 aliphatic heterocycles. The van der Waals surface area contributed by atoms with Crippen LogP contribution in [0.1, 0.15) is 11.1 Å². The van der Waals surface area contributed by atoms with Crippen LogP contribution >= 0.6 is 0 Å². The largest absolute Gasteiger partial charge is 0.504 e. The van der Waals surface area contributed by atoms with Crippen molar-refractivity contribution in [1.29, 1.82) is 0 Å². The quantitative estimate of drug-likeness (QED) is 0.572. The first kappa shape index (κ1) is 13.4. The summed E-state index contributed by atoms with van der Waals surface area (Å²) in [6.07, 6.45) is 0.706. The maximum absolute atomic E-state index is 13.0. The number of hydrogen-bond donors (Lipinski definition) is 3. The van der Waals surface area contributed by atoms with Crippen molar-refractivity contribution in [3.05, 3.63) is 59.4 Å². The number of nitrogens with one attached hydrogen (secondary N) is 1. The van der Waals surface area contributed by atoms with Crippen molar-refractivity contribution in [1.82, 2.24) is 5.32 Å². The van der Waals surface area contributed by atoms with Crippen LogP contribution in [-0.2, 0) is 13.0 Å². The molecule has 0 radical (unpaired) electrons. The van der Waals surface area contributed by atoms with Gasteiger partial charge in [-0.05, 0) is 36.7 Å². The molecule has 0 aliphatic carbocycles. The van der Waals surface area contributed by atoms with Crippen molar-refractivity contribution in [2.45, 2.75) is 13.0 Å². The van der Waals surface area contributed by atoms with Crippen molar-refractivity contribution >= 4 is 0 Å². The standard InChI is InChI=1S/C15H16FNO2/c16-13-5-1-3-11(9-13)7-8-17-10-12-4-2-6-14(18)15(12)19/h1-6,9,17-19H,7-8,10H2. The van der Waals surface area contributed by atoms with Gasteiger partial charge < -0.3 is 15.5 Å². The molecule has 0 amide bonds. The summed E-state index contributed by atoms with van der Waals surface area (Å²) < 4.78 is 13.0. The fourth-order valence-corrected chi connectivity index (χ4v) is 1.87. The molecule has 0 atom stereocenters. The van der Waals surface area contributed by atoms with Gasteiger partial charge in [-0.3, -0.25) is 0 Å². The Morgan fingerprint density at radius 1 is 1.05 bits per heavy atom. The van der Waals surface area contributed by atoms with Gasteiger partial charge in [0.1, 0.15) is 5.82 Å². The second kappa shape index (κ2) is 6.20. The molecule has 0 aromatic heterocycles. The number of rotatable bonds is 5. The predicted molar refractivity (Wildman–Crippen MR) is 71.6 cm³/mol. The van der Waals surface area contributed by atoms with E-state index in [0.29, 0.717) is 25.1 Å². The maximum atomic E-state index is 13.0. The van der Waals surface area contributed by atoms with Crippen molar-refractivity contribution in [2.24, 2.45) is 0 Å². The fraction of sp³-hybridized carbons (Fsp3) is 0.200. The van der Waals surface area contributed by atoms with Crippen molar-refractivity contribution in [3.8, 4) is 11.5 Å². The van der Waals surface area contributed by atoms with Crippen LogP contribution in [0, 0.1) is 5.82 Å². The summed E-state index contributed by atoms with van der Waals surface area (Å²) >= 11 is 0. The molecule has 0 aliphatic rings. The molecule has 19 heavy (non-hydrogen) atoms. The maximum Gasteiger partial charge on any atom is 0.161 e. The predicted octanol–water partition coefficient (Wildman–Crippen LogP) is 2.57. The Hall–Kier alpha value is -2.07. The number of phenols is 2. The van der Waals surface area contributed by atoms with E-state index >= 15 is 0 Å². The summed E-state index contributed by atoms with van der Waals surface area (Å²) in [4.78, 5) is 0. The molecule has 3 nitrogen and oxygen atoms in total. The SMILES string of the molecule is Oc1cccc(CNCCc2cccc(F)c2)c1O. The lowest BCUT2D eigenvalue weighted by Gasteiger charge is -2.08. The van der Waals surface area contributed by atoms with E-state index in [1.165, 1.54) is 18.2 Å². The lowest BCUT2D eigenvalue weighted by atomic mass is 10.1. The number of halogens is 1. The summed E-state index contributed by atoms with van der Waals surface area (Å²) in [7, 11) is 0. The highest BCUT2D eigenvalue weighted by Crippen LogP contribution is 2.27. The van der Waals surface area contributed by atoms with Gasteiger partial charge in [0.2, 0.25) is 0 Å². The summed E-state index contributed by atoms with van der Waals surface area (Å²) in [6.45, 7) is 1.12. The molecule has 2 rings (SSSR count). The Kier molecular flexibility index (Phi) is 4.36. The van der Waals surface area contributed by atoms with E-state index in [4.69, 9.17) is 0 Å².